The zero-order valence-electron chi connectivity index (χ0n) is 7.80. The van der Waals surface area contributed by atoms with Crippen LogP contribution in [0.4, 0.5) is 11.4 Å². The van der Waals surface area contributed by atoms with Crippen LogP contribution >= 0.6 is 15.9 Å². The summed E-state index contributed by atoms with van der Waals surface area (Å²) in [6.07, 6.45) is 0. The summed E-state index contributed by atoms with van der Waals surface area (Å²) >= 11 is 3.41. The van der Waals surface area contributed by atoms with Crippen molar-refractivity contribution in [1.29, 1.82) is 0 Å². The second-order valence-corrected chi connectivity index (χ2v) is 4.29. The minimum Gasteiger partial charge on any atom is -0.383 e. The fraction of sp³-hybridized carbons (Fsp3) is 0.300. The fourth-order valence-electron chi connectivity index (χ4n) is 1.40. The van der Waals surface area contributed by atoms with Crippen molar-refractivity contribution in [1.82, 2.24) is 0 Å². The molecule has 74 valence electrons. The zero-order chi connectivity index (χ0) is 10.1. The van der Waals surface area contributed by atoms with E-state index < -0.39 is 0 Å². The van der Waals surface area contributed by atoms with Crippen LogP contribution in [-0.2, 0) is 4.79 Å². The number of carbonyl (C=O) groups is 1. The normalized spacial score (nSPS) is 20.4. The predicted octanol–water partition coefficient (Wildman–Crippen LogP) is 2.45. The first-order valence-corrected chi connectivity index (χ1v) is 5.31. The molecule has 1 aromatic rings. The minimum atomic E-state index is -0.00528. The summed E-state index contributed by atoms with van der Waals surface area (Å²) < 4.78 is 0.907. The number of hydrogen-bond donors (Lipinski definition) is 2. The van der Waals surface area contributed by atoms with Gasteiger partial charge in [0.15, 0.2) is 0 Å². The number of halogens is 1. The lowest BCUT2D eigenvalue weighted by Gasteiger charge is -2.08. The summed E-state index contributed by atoms with van der Waals surface area (Å²) in [6, 6.07) is 5.81. The Morgan fingerprint density at radius 1 is 1.50 bits per heavy atom. The molecule has 0 aromatic heterocycles. The summed E-state index contributed by atoms with van der Waals surface area (Å²) in [5.74, 6) is 0.0532. The van der Waals surface area contributed by atoms with Crippen molar-refractivity contribution < 1.29 is 4.79 Å². The quantitative estimate of drug-likeness (QED) is 0.747. The van der Waals surface area contributed by atoms with E-state index in [1.54, 1.807) is 0 Å². The van der Waals surface area contributed by atoms with E-state index in [4.69, 9.17) is 0 Å². The van der Waals surface area contributed by atoms with Crippen LogP contribution in [0.3, 0.4) is 0 Å². The molecule has 0 spiro atoms. The summed E-state index contributed by atoms with van der Waals surface area (Å²) in [7, 11) is 0. The van der Waals surface area contributed by atoms with Crippen molar-refractivity contribution in [3.8, 4) is 0 Å². The summed E-state index contributed by atoms with van der Waals surface area (Å²) in [5.41, 5.74) is 1.80. The van der Waals surface area contributed by atoms with Crippen LogP contribution in [0.25, 0.3) is 0 Å². The number of rotatable bonds is 0. The first kappa shape index (κ1) is 9.52. The lowest BCUT2D eigenvalue weighted by molar-refractivity contribution is -0.118. The number of anilines is 2. The average Bonchev–Trinajstić information content (AvgIpc) is 2.30. The van der Waals surface area contributed by atoms with Crippen LogP contribution in [0.15, 0.2) is 22.7 Å². The Labute approximate surface area is 91.0 Å². The molecule has 1 atom stereocenters. The number of carbonyl (C=O) groups excluding carboxylic acids is 1. The molecule has 0 bridgehead atoms. The maximum atomic E-state index is 11.6. The summed E-state index contributed by atoms with van der Waals surface area (Å²) in [4.78, 5) is 11.6. The van der Waals surface area contributed by atoms with Gasteiger partial charge in [-0.25, -0.2) is 0 Å². The van der Waals surface area contributed by atoms with Gasteiger partial charge < -0.3 is 10.6 Å². The van der Waals surface area contributed by atoms with E-state index in [-0.39, 0.29) is 11.8 Å². The lowest BCUT2D eigenvalue weighted by Crippen LogP contribution is -2.22. The van der Waals surface area contributed by atoms with Crippen molar-refractivity contribution in [3.05, 3.63) is 22.7 Å². The van der Waals surface area contributed by atoms with E-state index in [9.17, 15) is 4.79 Å². The van der Waals surface area contributed by atoms with Crippen LogP contribution in [0.2, 0.25) is 0 Å². The van der Waals surface area contributed by atoms with Crippen LogP contribution in [0.5, 0.6) is 0 Å². The third-order valence-corrected chi connectivity index (χ3v) is 2.97. The standard InChI is InChI=1S/C10H11BrN2O/c1-6-5-12-8-4-2-3-7(11)9(8)13-10(6)14/h2-4,6,12H,5H2,1H3,(H,13,14). The van der Waals surface area contributed by atoms with Gasteiger partial charge in [0.2, 0.25) is 5.91 Å². The molecule has 2 rings (SSSR count). The SMILES string of the molecule is CC1CNc2cccc(Br)c2NC1=O. The van der Waals surface area contributed by atoms with Gasteiger partial charge in [0.1, 0.15) is 0 Å². The van der Waals surface area contributed by atoms with Gasteiger partial charge in [0.05, 0.1) is 17.3 Å². The first-order chi connectivity index (χ1) is 6.68. The van der Waals surface area contributed by atoms with Crippen molar-refractivity contribution in [2.45, 2.75) is 6.92 Å². The third kappa shape index (κ3) is 1.62. The van der Waals surface area contributed by atoms with Gasteiger partial charge in [-0.3, -0.25) is 4.79 Å². The molecule has 2 N–H and O–H groups in total. The third-order valence-electron chi connectivity index (χ3n) is 2.31. The highest BCUT2D eigenvalue weighted by molar-refractivity contribution is 9.10. The van der Waals surface area contributed by atoms with E-state index in [1.807, 2.05) is 25.1 Å². The molecule has 0 fully saturated rings. The molecule has 1 aliphatic heterocycles. The fourth-order valence-corrected chi connectivity index (χ4v) is 1.87. The minimum absolute atomic E-state index is 0.00528. The summed E-state index contributed by atoms with van der Waals surface area (Å²) in [6.45, 7) is 2.58. The zero-order valence-corrected chi connectivity index (χ0v) is 9.39. The van der Waals surface area contributed by atoms with Gasteiger partial charge in [-0.1, -0.05) is 13.0 Å². The van der Waals surface area contributed by atoms with Crippen LogP contribution in [-0.4, -0.2) is 12.5 Å². The largest absolute Gasteiger partial charge is 0.383 e. The van der Waals surface area contributed by atoms with Gasteiger partial charge in [-0.05, 0) is 28.1 Å². The van der Waals surface area contributed by atoms with Gasteiger partial charge in [-0.2, -0.15) is 0 Å². The Balaban J connectivity index is 2.43. The summed E-state index contributed by atoms with van der Waals surface area (Å²) in [5, 5.41) is 6.12. The monoisotopic (exact) mass is 254 g/mol. The molecular formula is C10H11BrN2O. The molecule has 1 unspecified atom stereocenters. The molecule has 1 aromatic carbocycles. The van der Waals surface area contributed by atoms with Crippen LogP contribution in [0, 0.1) is 5.92 Å². The van der Waals surface area contributed by atoms with Crippen LogP contribution in [0.1, 0.15) is 6.92 Å². The highest BCUT2D eigenvalue weighted by Gasteiger charge is 2.20. The first-order valence-electron chi connectivity index (χ1n) is 4.51. The Bertz CT molecular complexity index is 378. The van der Waals surface area contributed by atoms with Gasteiger partial charge in [0.25, 0.3) is 0 Å². The highest BCUT2D eigenvalue weighted by atomic mass is 79.9. The number of nitrogens with one attached hydrogen (secondary N) is 2. The van der Waals surface area contributed by atoms with E-state index in [1.165, 1.54) is 0 Å². The number of benzene rings is 1. The molecule has 0 saturated heterocycles. The number of amides is 1. The molecule has 1 amide bonds. The number of para-hydroxylation sites is 1. The Hall–Kier alpha value is -1.03. The van der Waals surface area contributed by atoms with Crippen LogP contribution < -0.4 is 10.6 Å². The molecule has 0 saturated carbocycles. The molecule has 1 aliphatic rings. The van der Waals surface area contributed by atoms with Crippen molar-refractivity contribution in [2.75, 3.05) is 17.2 Å². The number of hydrogen-bond acceptors (Lipinski definition) is 2. The Morgan fingerprint density at radius 3 is 3.07 bits per heavy atom. The van der Waals surface area contributed by atoms with Crippen molar-refractivity contribution in [2.24, 2.45) is 5.92 Å². The predicted molar refractivity (Wildman–Crippen MR) is 60.4 cm³/mol. The Kier molecular flexibility index (Phi) is 2.46. The Morgan fingerprint density at radius 2 is 2.29 bits per heavy atom. The van der Waals surface area contributed by atoms with E-state index in [2.05, 4.69) is 26.6 Å². The molecule has 14 heavy (non-hydrogen) atoms. The number of fused-ring (bicyclic) bond motifs is 1. The van der Waals surface area contributed by atoms with Gasteiger partial charge in [-0.15, -0.1) is 0 Å². The lowest BCUT2D eigenvalue weighted by atomic mass is 10.2. The highest BCUT2D eigenvalue weighted by Crippen LogP contribution is 2.32. The van der Waals surface area contributed by atoms with E-state index in [0.29, 0.717) is 6.54 Å². The van der Waals surface area contributed by atoms with Crippen molar-refractivity contribution in [3.63, 3.8) is 0 Å². The molecule has 4 heteroatoms. The smallest absolute Gasteiger partial charge is 0.229 e. The van der Waals surface area contributed by atoms with Crippen molar-refractivity contribution >= 4 is 33.2 Å². The molecule has 3 nitrogen and oxygen atoms in total. The maximum absolute atomic E-state index is 11.6. The maximum Gasteiger partial charge on any atom is 0.229 e. The second kappa shape index (κ2) is 3.61. The van der Waals surface area contributed by atoms with Gasteiger partial charge in [0, 0.05) is 11.0 Å². The molecule has 1 heterocycles. The molecule has 0 aliphatic carbocycles. The average molecular weight is 255 g/mol. The molecule has 0 radical (unpaired) electrons. The second-order valence-electron chi connectivity index (χ2n) is 3.43. The van der Waals surface area contributed by atoms with E-state index in [0.717, 1.165) is 15.8 Å². The van der Waals surface area contributed by atoms with E-state index >= 15 is 0 Å². The van der Waals surface area contributed by atoms with Gasteiger partial charge >= 0.3 is 0 Å². The topological polar surface area (TPSA) is 41.1 Å². The molecular weight excluding hydrogens is 244 g/mol.